The third-order valence-electron chi connectivity index (χ3n) is 4.27. The molecule has 1 aliphatic heterocycles. The Balaban J connectivity index is 1.61. The lowest BCUT2D eigenvalue weighted by Gasteiger charge is -2.13. The molecular weight excluding hydrogens is 318 g/mol. The van der Waals surface area contributed by atoms with Crippen LogP contribution in [-0.4, -0.2) is 41.9 Å². The number of aromatic nitrogens is 1. The monoisotopic (exact) mass is 335 g/mol. The summed E-state index contributed by atoms with van der Waals surface area (Å²) >= 11 is 0. The number of anilines is 1. The lowest BCUT2D eigenvalue weighted by Crippen LogP contribution is -2.27. The fraction of sp³-hybridized carbons (Fsp3) is 0.158. The Bertz CT molecular complexity index is 944. The summed E-state index contributed by atoms with van der Waals surface area (Å²) in [6, 6.07) is 14.6. The minimum Gasteiger partial charge on any atom is -0.491 e. The summed E-state index contributed by atoms with van der Waals surface area (Å²) in [5.74, 6) is 0.165. The number of rotatable bonds is 2. The number of carbonyl (C=O) groups is 2. The number of fused-ring (bicyclic) bond motifs is 2. The Morgan fingerprint density at radius 1 is 1.20 bits per heavy atom. The third kappa shape index (κ3) is 2.82. The topological polar surface area (TPSA) is 74.4 Å². The highest BCUT2D eigenvalue weighted by Gasteiger charge is 2.21. The molecule has 0 atom stereocenters. The molecule has 0 saturated carbocycles. The lowest BCUT2D eigenvalue weighted by molar-refractivity contribution is 0.0796. The summed E-state index contributed by atoms with van der Waals surface area (Å²) in [5, 5.41) is 3.80. The number of nitrogens with one attached hydrogen (secondary N) is 2. The number of hydrogen-bond acceptors (Lipinski definition) is 3. The maximum atomic E-state index is 12.5. The summed E-state index contributed by atoms with van der Waals surface area (Å²) < 4.78 is 5.59. The maximum absolute atomic E-state index is 12.5. The van der Waals surface area contributed by atoms with Crippen LogP contribution in [0.15, 0.2) is 48.5 Å². The van der Waals surface area contributed by atoms with E-state index >= 15 is 0 Å². The molecule has 2 heterocycles. The van der Waals surface area contributed by atoms with Crippen LogP contribution in [0.5, 0.6) is 5.75 Å². The molecule has 0 spiro atoms. The maximum Gasteiger partial charge on any atom is 0.272 e. The number of likely N-dealkylation sites (N-methyl/N-ethyl adjacent to an activating group) is 1. The molecule has 0 fully saturated rings. The van der Waals surface area contributed by atoms with Crippen LogP contribution in [0, 0.1) is 0 Å². The number of amides is 2. The Labute approximate surface area is 144 Å². The second kappa shape index (κ2) is 5.98. The first kappa shape index (κ1) is 15.3. The number of carbonyl (C=O) groups excluding carboxylic acids is 2. The van der Waals surface area contributed by atoms with Crippen LogP contribution in [0.3, 0.4) is 0 Å². The van der Waals surface area contributed by atoms with Crippen LogP contribution in [0.25, 0.3) is 10.9 Å². The van der Waals surface area contributed by atoms with Gasteiger partial charge in [0.15, 0.2) is 0 Å². The lowest BCUT2D eigenvalue weighted by atomic mass is 10.1. The molecule has 1 aromatic heterocycles. The molecule has 126 valence electrons. The first-order valence-electron chi connectivity index (χ1n) is 8.03. The first-order chi connectivity index (χ1) is 12.1. The van der Waals surface area contributed by atoms with Crippen LogP contribution >= 0.6 is 0 Å². The minimum absolute atomic E-state index is 0.116. The number of H-pyrrole nitrogens is 1. The summed E-state index contributed by atoms with van der Waals surface area (Å²) in [6.45, 7) is 0.986. The van der Waals surface area contributed by atoms with Gasteiger partial charge in [-0.2, -0.15) is 0 Å². The van der Waals surface area contributed by atoms with Gasteiger partial charge in [0.05, 0.1) is 12.1 Å². The molecule has 2 N–H and O–H groups in total. The van der Waals surface area contributed by atoms with E-state index in [-0.39, 0.29) is 11.8 Å². The summed E-state index contributed by atoms with van der Waals surface area (Å²) in [6.07, 6.45) is 0. The van der Waals surface area contributed by atoms with E-state index in [4.69, 9.17) is 4.74 Å². The van der Waals surface area contributed by atoms with Gasteiger partial charge in [0.1, 0.15) is 18.1 Å². The number of hydrogen-bond donors (Lipinski definition) is 2. The molecule has 0 unspecified atom stereocenters. The minimum atomic E-state index is -0.258. The molecule has 2 amide bonds. The normalized spacial score (nSPS) is 14.0. The van der Waals surface area contributed by atoms with Crippen molar-refractivity contribution in [2.24, 2.45) is 0 Å². The average Bonchev–Trinajstić information content (AvgIpc) is 3.00. The molecule has 0 aliphatic carbocycles. The second-order valence-electron chi connectivity index (χ2n) is 6.01. The van der Waals surface area contributed by atoms with Gasteiger partial charge < -0.3 is 19.9 Å². The van der Waals surface area contributed by atoms with Crippen molar-refractivity contribution in [3.8, 4) is 5.75 Å². The quantitative estimate of drug-likeness (QED) is 0.756. The number of para-hydroxylation sites is 1. The highest BCUT2D eigenvalue weighted by Crippen LogP contribution is 2.26. The predicted molar refractivity (Wildman–Crippen MR) is 95.1 cm³/mol. The first-order valence-corrected chi connectivity index (χ1v) is 8.03. The van der Waals surface area contributed by atoms with E-state index in [9.17, 15) is 9.59 Å². The third-order valence-corrected chi connectivity index (χ3v) is 4.27. The molecule has 3 aromatic rings. The van der Waals surface area contributed by atoms with Gasteiger partial charge >= 0.3 is 0 Å². The number of nitrogens with zero attached hydrogens (tertiary/aromatic N) is 1. The van der Waals surface area contributed by atoms with Crippen LogP contribution in [-0.2, 0) is 0 Å². The Morgan fingerprint density at radius 3 is 2.88 bits per heavy atom. The molecular formula is C19H17N3O3. The van der Waals surface area contributed by atoms with Crippen molar-refractivity contribution in [1.82, 2.24) is 9.88 Å². The van der Waals surface area contributed by atoms with Crippen molar-refractivity contribution >= 4 is 28.4 Å². The van der Waals surface area contributed by atoms with Crippen molar-refractivity contribution in [2.75, 3.05) is 25.5 Å². The standard InChI is InChI=1S/C19H17N3O3/c1-22-8-9-25-17-7-6-13(11-14(17)19(22)24)20-18(23)16-10-12-4-2-3-5-15(12)21-16/h2-7,10-11,21H,8-9H2,1H3,(H,20,23). The van der Waals surface area contributed by atoms with Crippen LogP contribution in [0.1, 0.15) is 20.8 Å². The van der Waals surface area contributed by atoms with Gasteiger partial charge in [0.25, 0.3) is 11.8 Å². The highest BCUT2D eigenvalue weighted by molar-refractivity contribution is 6.07. The number of benzene rings is 2. The zero-order valence-corrected chi connectivity index (χ0v) is 13.7. The Morgan fingerprint density at radius 2 is 2.04 bits per heavy atom. The van der Waals surface area contributed by atoms with E-state index in [0.29, 0.717) is 35.8 Å². The van der Waals surface area contributed by atoms with Gasteiger partial charge in [0, 0.05) is 23.6 Å². The summed E-state index contributed by atoms with van der Waals surface area (Å²) in [4.78, 5) is 29.6. The largest absolute Gasteiger partial charge is 0.491 e. The molecule has 0 saturated heterocycles. The van der Waals surface area contributed by atoms with Crippen LogP contribution in [0.2, 0.25) is 0 Å². The Kier molecular flexibility index (Phi) is 3.65. The van der Waals surface area contributed by atoms with E-state index in [0.717, 1.165) is 10.9 Å². The summed E-state index contributed by atoms with van der Waals surface area (Å²) in [5.41, 5.74) is 2.37. The summed E-state index contributed by atoms with van der Waals surface area (Å²) in [7, 11) is 1.73. The second-order valence-corrected chi connectivity index (χ2v) is 6.01. The zero-order chi connectivity index (χ0) is 17.4. The van der Waals surface area contributed by atoms with Gasteiger partial charge in [-0.05, 0) is 30.3 Å². The molecule has 1 aliphatic rings. The van der Waals surface area contributed by atoms with Gasteiger partial charge in [-0.1, -0.05) is 18.2 Å². The molecule has 0 bridgehead atoms. The van der Waals surface area contributed by atoms with Crippen LogP contribution < -0.4 is 10.1 Å². The smallest absolute Gasteiger partial charge is 0.272 e. The van der Waals surface area contributed by atoms with E-state index in [2.05, 4.69) is 10.3 Å². The van der Waals surface area contributed by atoms with Crippen molar-refractivity contribution in [1.29, 1.82) is 0 Å². The SMILES string of the molecule is CN1CCOc2ccc(NC(=O)c3cc4ccccc4[nH]3)cc2C1=O. The van der Waals surface area contributed by atoms with Gasteiger partial charge in [-0.15, -0.1) is 0 Å². The molecule has 25 heavy (non-hydrogen) atoms. The molecule has 0 radical (unpaired) electrons. The number of ether oxygens (including phenoxy) is 1. The zero-order valence-electron chi connectivity index (χ0n) is 13.7. The predicted octanol–water partition coefficient (Wildman–Crippen LogP) is 2.88. The molecule has 6 heteroatoms. The number of aromatic amines is 1. The van der Waals surface area contributed by atoms with Crippen molar-refractivity contribution in [2.45, 2.75) is 0 Å². The molecule has 6 nitrogen and oxygen atoms in total. The van der Waals surface area contributed by atoms with E-state index < -0.39 is 0 Å². The van der Waals surface area contributed by atoms with Gasteiger partial charge in [-0.3, -0.25) is 9.59 Å². The van der Waals surface area contributed by atoms with Crippen molar-refractivity contribution in [3.05, 3.63) is 59.8 Å². The van der Waals surface area contributed by atoms with E-state index in [1.807, 2.05) is 24.3 Å². The van der Waals surface area contributed by atoms with Gasteiger partial charge in [0.2, 0.25) is 0 Å². The van der Waals surface area contributed by atoms with E-state index in [1.54, 1.807) is 36.2 Å². The van der Waals surface area contributed by atoms with E-state index in [1.165, 1.54) is 0 Å². The molecule has 2 aromatic carbocycles. The van der Waals surface area contributed by atoms with Gasteiger partial charge in [-0.25, -0.2) is 0 Å². The molecule has 4 rings (SSSR count). The fourth-order valence-corrected chi connectivity index (χ4v) is 2.89. The van der Waals surface area contributed by atoms with Crippen molar-refractivity contribution < 1.29 is 14.3 Å². The van der Waals surface area contributed by atoms with Crippen LogP contribution in [0.4, 0.5) is 5.69 Å². The average molecular weight is 335 g/mol. The Hall–Kier alpha value is -3.28. The fourth-order valence-electron chi connectivity index (χ4n) is 2.89. The highest BCUT2D eigenvalue weighted by atomic mass is 16.5. The van der Waals surface area contributed by atoms with Crippen molar-refractivity contribution in [3.63, 3.8) is 0 Å².